The average molecular weight is 267 g/mol. The second kappa shape index (κ2) is 5.10. The molecule has 0 aliphatic heterocycles. The van der Waals surface area contributed by atoms with Crippen molar-refractivity contribution in [1.82, 2.24) is 4.98 Å². The third-order valence-electron chi connectivity index (χ3n) is 1.22. The molecule has 1 nitrogen and oxygen atoms in total. The number of thioether (sulfide) groups is 1. The van der Waals surface area contributed by atoms with Crippen molar-refractivity contribution < 1.29 is 0 Å². The zero-order chi connectivity index (χ0) is 8.97. The van der Waals surface area contributed by atoms with Crippen molar-refractivity contribution in [2.24, 2.45) is 0 Å². The maximum atomic E-state index is 5.75. The van der Waals surface area contributed by atoms with Crippen LogP contribution in [0.3, 0.4) is 0 Å². The molecule has 0 N–H and O–H groups in total. The second-order valence-corrected chi connectivity index (χ2v) is 4.66. The molecule has 0 amide bonds. The van der Waals surface area contributed by atoms with Gasteiger partial charge in [-0.05, 0) is 34.2 Å². The molecule has 1 rings (SSSR count). The van der Waals surface area contributed by atoms with Gasteiger partial charge in [0.25, 0.3) is 0 Å². The molecule has 0 saturated carbocycles. The van der Waals surface area contributed by atoms with Crippen LogP contribution in [0.15, 0.2) is 21.8 Å². The molecule has 1 heterocycles. The highest BCUT2D eigenvalue weighted by atomic mass is 79.9. The Hall–Kier alpha value is 0.270. The molecule has 1 aromatic rings. The zero-order valence-corrected chi connectivity index (χ0v) is 9.84. The van der Waals surface area contributed by atoms with Crippen LogP contribution in [0.4, 0.5) is 0 Å². The van der Waals surface area contributed by atoms with Crippen LogP contribution in [-0.4, -0.2) is 10.7 Å². The Bertz CT molecular complexity index is 267. The molecule has 4 heteroatoms. The van der Waals surface area contributed by atoms with Crippen molar-refractivity contribution >= 4 is 39.3 Å². The van der Waals surface area contributed by atoms with Crippen molar-refractivity contribution in [3.8, 4) is 0 Å². The van der Waals surface area contributed by atoms with Gasteiger partial charge in [-0.3, -0.25) is 0 Å². The lowest BCUT2D eigenvalue weighted by atomic mass is 10.5. The van der Waals surface area contributed by atoms with Crippen molar-refractivity contribution in [2.75, 3.05) is 5.75 Å². The Morgan fingerprint density at radius 1 is 1.67 bits per heavy atom. The monoisotopic (exact) mass is 265 g/mol. The van der Waals surface area contributed by atoms with Gasteiger partial charge in [-0.2, -0.15) is 0 Å². The summed E-state index contributed by atoms with van der Waals surface area (Å²) in [6.45, 7) is 2.15. The van der Waals surface area contributed by atoms with Gasteiger partial charge in [-0.25, -0.2) is 4.98 Å². The number of hydrogen-bond acceptors (Lipinski definition) is 2. The van der Waals surface area contributed by atoms with Gasteiger partial charge >= 0.3 is 0 Å². The van der Waals surface area contributed by atoms with E-state index >= 15 is 0 Å². The lowest BCUT2D eigenvalue weighted by molar-refractivity contribution is 1.07. The predicted molar refractivity (Wildman–Crippen MR) is 58.0 cm³/mol. The van der Waals surface area contributed by atoms with E-state index in [0.29, 0.717) is 5.02 Å². The minimum absolute atomic E-state index is 0.669. The van der Waals surface area contributed by atoms with Crippen LogP contribution in [0.1, 0.15) is 13.3 Å². The Balaban J connectivity index is 2.72. The first-order chi connectivity index (χ1) is 5.74. The lowest BCUT2D eigenvalue weighted by Gasteiger charge is -2.01. The van der Waals surface area contributed by atoms with E-state index in [1.165, 1.54) is 0 Å². The number of pyridine rings is 1. The van der Waals surface area contributed by atoms with E-state index in [1.54, 1.807) is 18.0 Å². The summed E-state index contributed by atoms with van der Waals surface area (Å²) in [7, 11) is 0. The molecule has 66 valence electrons. The Morgan fingerprint density at radius 2 is 2.42 bits per heavy atom. The highest BCUT2D eigenvalue weighted by molar-refractivity contribution is 9.10. The largest absolute Gasteiger partial charge is 0.247 e. The molecule has 0 aliphatic carbocycles. The number of nitrogens with zero attached hydrogens (tertiary/aromatic N) is 1. The van der Waals surface area contributed by atoms with Crippen molar-refractivity contribution in [2.45, 2.75) is 18.4 Å². The molecule has 0 saturated heterocycles. The fraction of sp³-hybridized carbons (Fsp3) is 0.375. The molecule has 12 heavy (non-hydrogen) atoms. The van der Waals surface area contributed by atoms with Crippen molar-refractivity contribution in [3.05, 3.63) is 21.8 Å². The first kappa shape index (κ1) is 10.4. The molecule has 0 unspecified atom stereocenters. The maximum Gasteiger partial charge on any atom is 0.110 e. The molecule has 0 spiro atoms. The lowest BCUT2D eigenvalue weighted by Crippen LogP contribution is -1.83. The van der Waals surface area contributed by atoms with Crippen molar-refractivity contribution in [1.29, 1.82) is 0 Å². The summed E-state index contributed by atoms with van der Waals surface area (Å²) in [5.74, 6) is 1.09. The molecule has 0 fully saturated rings. The molecule has 0 bridgehead atoms. The van der Waals surface area contributed by atoms with Gasteiger partial charge in [0.15, 0.2) is 0 Å². The minimum Gasteiger partial charge on any atom is -0.247 e. The zero-order valence-electron chi connectivity index (χ0n) is 6.68. The normalized spacial score (nSPS) is 10.2. The van der Waals surface area contributed by atoms with E-state index in [4.69, 9.17) is 11.6 Å². The fourth-order valence-corrected chi connectivity index (χ4v) is 2.41. The predicted octanol–water partition coefficient (Wildman–Crippen LogP) is 4.00. The highest BCUT2D eigenvalue weighted by Gasteiger charge is 2.01. The molecule has 0 aromatic carbocycles. The summed E-state index contributed by atoms with van der Waals surface area (Å²) in [5, 5.41) is 1.68. The smallest absolute Gasteiger partial charge is 0.110 e. The molecule has 0 aliphatic rings. The first-order valence-corrected chi connectivity index (χ1v) is 5.83. The van der Waals surface area contributed by atoms with Gasteiger partial charge in [0.2, 0.25) is 0 Å². The van der Waals surface area contributed by atoms with Crippen LogP contribution < -0.4 is 0 Å². The molecule has 0 radical (unpaired) electrons. The summed E-state index contributed by atoms with van der Waals surface area (Å²) in [4.78, 5) is 4.20. The summed E-state index contributed by atoms with van der Waals surface area (Å²) in [6.07, 6.45) is 2.83. The van der Waals surface area contributed by atoms with E-state index in [9.17, 15) is 0 Å². The molecular formula is C8H9BrClNS. The Labute approximate surface area is 90.0 Å². The van der Waals surface area contributed by atoms with Gasteiger partial charge in [-0.1, -0.05) is 18.5 Å². The summed E-state index contributed by atoms with van der Waals surface area (Å²) in [5.41, 5.74) is 0. The number of halogens is 2. The van der Waals surface area contributed by atoms with E-state index < -0.39 is 0 Å². The van der Waals surface area contributed by atoms with E-state index in [1.807, 2.05) is 6.07 Å². The van der Waals surface area contributed by atoms with Crippen LogP contribution in [0, 0.1) is 0 Å². The maximum absolute atomic E-state index is 5.75. The fourth-order valence-electron chi connectivity index (χ4n) is 0.707. The van der Waals surface area contributed by atoms with E-state index in [0.717, 1.165) is 21.7 Å². The third kappa shape index (κ3) is 2.96. The second-order valence-electron chi connectivity index (χ2n) is 2.29. The number of rotatable bonds is 3. The van der Waals surface area contributed by atoms with Gasteiger partial charge in [0, 0.05) is 6.20 Å². The minimum atomic E-state index is 0.669. The third-order valence-corrected chi connectivity index (χ3v) is 3.50. The Morgan fingerprint density at radius 3 is 3.00 bits per heavy atom. The van der Waals surface area contributed by atoms with Gasteiger partial charge in [-0.15, -0.1) is 11.8 Å². The molecule has 1 aromatic heterocycles. The SMILES string of the molecule is CCCSc1ncc(Cl)cc1Br. The quantitative estimate of drug-likeness (QED) is 0.767. The standard InChI is InChI=1S/C8H9BrClNS/c1-2-3-12-8-7(9)4-6(10)5-11-8/h4-5H,2-3H2,1H3. The topological polar surface area (TPSA) is 12.9 Å². The van der Waals surface area contributed by atoms with Gasteiger partial charge in [0.05, 0.1) is 9.50 Å². The summed E-state index contributed by atoms with van der Waals surface area (Å²) in [6, 6.07) is 1.87. The number of aromatic nitrogens is 1. The first-order valence-electron chi connectivity index (χ1n) is 3.68. The van der Waals surface area contributed by atoms with Crippen molar-refractivity contribution in [3.63, 3.8) is 0 Å². The van der Waals surface area contributed by atoms with E-state index in [-0.39, 0.29) is 0 Å². The number of hydrogen-bond donors (Lipinski definition) is 0. The highest BCUT2D eigenvalue weighted by Crippen LogP contribution is 2.27. The molecular weight excluding hydrogens is 258 g/mol. The Kier molecular flexibility index (Phi) is 4.40. The van der Waals surface area contributed by atoms with Crippen LogP contribution in [0.2, 0.25) is 5.02 Å². The molecule has 0 atom stereocenters. The average Bonchev–Trinajstić information content (AvgIpc) is 2.03. The summed E-state index contributed by atoms with van der Waals surface area (Å²) >= 11 is 10.9. The van der Waals surface area contributed by atoms with Gasteiger partial charge < -0.3 is 0 Å². The van der Waals surface area contributed by atoms with E-state index in [2.05, 4.69) is 27.8 Å². The van der Waals surface area contributed by atoms with Crippen LogP contribution in [0.25, 0.3) is 0 Å². The van der Waals surface area contributed by atoms with Crippen LogP contribution in [0.5, 0.6) is 0 Å². The van der Waals surface area contributed by atoms with Crippen LogP contribution >= 0.6 is 39.3 Å². The van der Waals surface area contributed by atoms with Crippen LogP contribution in [-0.2, 0) is 0 Å². The van der Waals surface area contributed by atoms with Gasteiger partial charge in [0.1, 0.15) is 5.03 Å². The summed E-state index contributed by atoms with van der Waals surface area (Å²) < 4.78 is 0.980.